The van der Waals surface area contributed by atoms with Gasteiger partial charge in [0.2, 0.25) is 5.91 Å². The van der Waals surface area contributed by atoms with Gasteiger partial charge < -0.3 is 19.4 Å². The molecule has 0 saturated heterocycles. The number of methoxy groups -OCH3 is 2. The number of carbonyl (C=O) groups is 1. The Kier molecular flexibility index (Phi) is 5.30. The summed E-state index contributed by atoms with van der Waals surface area (Å²) in [5.41, 5.74) is 3.81. The molecule has 1 aliphatic heterocycles. The van der Waals surface area contributed by atoms with Crippen molar-refractivity contribution in [2.75, 3.05) is 25.7 Å². The summed E-state index contributed by atoms with van der Waals surface area (Å²) < 4.78 is 25.4. The number of benzene rings is 3. The van der Waals surface area contributed by atoms with Gasteiger partial charge in [-0.15, -0.1) is 0 Å². The smallest absolute Gasteiger partial charge is 0.249 e. The number of carbonyl (C=O) groups excluding carboxylic acids is 1. The van der Waals surface area contributed by atoms with Gasteiger partial charge in [0.05, 0.1) is 37.9 Å². The minimum Gasteiger partial charge on any atom is -0.497 e. The Morgan fingerprint density at radius 2 is 1.73 bits per heavy atom. The minimum absolute atomic E-state index is 0.0895. The highest BCUT2D eigenvalue weighted by atomic mass is 19.1. The van der Waals surface area contributed by atoms with Crippen LogP contribution in [0.2, 0.25) is 0 Å². The number of fused-ring (bicyclic) bond motifs is 3. The van der Waals surface area contributed by atoms with Crippen LogP contribution in [0.1, 0.15) is 16.8 Å². The van der Waals surface area contributed by atoms with E-state index in [-0.39, 0.29) is 12.5 Å². The monoisotopic (exact) mass is 443 g/mol. The Morgan fingerprint density at radius 1 is 1.00 bits per heavy atom. The van der Waals surface area contributed by atoms with Gasteiger partial charge in [-0.25, -0.2) is 4.39 Å². The van der Waals surface area contributed by atoms with Crippen molar-refractivity contribution in [2.24, 2.45) is 4.99 Å². The van der Waals surface area contributed by atoms with E-state index >= 15 is 4.39 Å². The Bertz CT molecular complexity index is 1380. The van der Waals surface area contributed by atoms with Crippen molar-refractivity contribution in [3.63, 3.8) is 0 Å². The SMILES string of the molecule is COc1ccc(CN2C(=O)CN=C(c3ccc(OC)cc3F)c3[nH]c4ccccc4c32)cc1. The predicted octanol–water partition coefficient (Wildman–Crippen LogP) is 4.71. The van der Waals surface area contributed by atoms with Crippen molar-refractivity contribution < 1.29 is 18.7 Å². The highest BCUT2D eigenvalue weighted by molar-refractivity contribution is 6.23. The average Bonchev–Trinajstić information content (AvgIpc) is 3.16. The van der Waals surface area contributed by atoms with E-state index in [0.717, 1.165) is 22.2 Å². The van der Waals surface area contributed by atoms with Gasteiger partial charge in [0.1, 0.15) is 23.9 Å². The lowest BCUT2D eigenvalue weighted by molar-refractivity contribution is -0.117. The number of nitrogens with zero attached hydrogens (tertiary/aromatic N) is 2. The normalized spacial score (nSPS) is 13.5. The van der Waals surface area contributed by atoms with E-state index < -0.39 is 5.82 Å². The molecule has 2 heterocycles. The first-order valence-electron chi connectivity index (χ1n) is 10.5. The van der Waals surface area contributed by atoms with Crippen LogP contribution in [0.15, 0.2) is 71.7 Å². The first kappa shape index (κ1) is 20.8. The Balaban J connectivity index is 1.66. The number of aromatic nitrogens is 1. The van der Waals surface area contributed by atoms with Crippen LogP contribution in [-0.4, -0.2) is 37.4 Å². The maximum Gasteiger partial charge on any atom is 0.249 e. The number of amides is 1. The average molecular weight is 443 g/mol. The molecule has 1 amide bonds. The van der Waals surface area contributed by atoms with Crippen molar-refractivity contribution in [3.05, 3.63) is 89.4 Å². The van der Waals surface area contributed by atoms with Crippen LogP contribution in [0.4, 0.5) is 10.1 Å². The number of H-pyrrole nitrogens is 1. The number of nitrogens with one attached hydrogen (secondary N) is 1. The topological polar surface area (TPSA) is 66.9 Å². The molecule has 0 fully saturated rings. The summed E-state index contributed by atoms with van der Waals surface area (Å²) in [5, 5.41) is 0.873. The van der Waals surface area contributed by atoms with Crippen LogP contribution in [0.25, 0.3) is 10.9 Å². The highest BCUT2D eigenvalue weighted by Crippen LogP contribution is 2.36. The Labute approximate surface area is 190 Å². The fourth-order valence-corrected chi connectivity index (χ4v) is 4.13. The summed E-state index contributed by atoms with van der Waals surface area (Å²) >= 11 is 0. The third-order valence-corrected chi connectivity index (χ3v) is 5.79. The number of aliphatic imine (C=N–C) groups is 1. The summed E-state index contributed by atoms with van der Waals surface area (Å²) in [6.07, 6.45) is 0. The third-order valence-electron chi connectivity index (χ3n) is 5.79. The molecule has 0 aliphatic carbocycles. The predicted molar refractivity (Wildman–Crippen MR) is 126 cm³/mol. The molecule has 1 aliphatic rings. The molecule has 1 aromatic heterocycles. The molecule has 0 spiro atoms. The molecule has 3 aromatic carbocycles. The second kappa shape index (κ2) is 8.43. The first-order valence-corrected chi connectivity index (χ1v) is 10.5. The molecule has 5 rings (SSSR count). The fraction of sp³-hybridized carbons (Fsp3) is 0.154. The van der Waals surface area contributed by atoms with E-state index in [9.17, 15) is 4.79 Å². The minimum atomic E-state index is -0.464. The lowest BCUT2D eigenvalue weighted by Crippen LogP contribution is -2.31. The molecule has 1 N–H and O–H groups in total. The van der Waals surface area contributed by atoms with Crippen molar-refractivity contribution in [1.82, 2.24) is 4.98 Å². The van der Waals surface area contributed by atoms with Gasteiger partial charge in [-0.3, -0.25) is 9.79 Å². The van der Waals surface area contributed by atoms with Crippen LogP contribution in [0.3, 0.4) is 0 Å². The van der Waals surface area contributed by atoms with E-state index in [1.165, 1.54) is 13.2 Å². The molecule has 6 nitrogen and oxygen atoms in total. The maximum absolute atomic E-state index is 15.0. The molecular weight excluding hydrogens is 421 g/mol. The van der Waals surface area contributed by atoms with E-state index in [1.807, 2.05) is 48.5 Å². The quantitative estimate of drug-likeness (QED) is 0.486. The molecule has 0 bridgehead atoms. The zero-order valence-corrected chi connectivity index (χ0v) is 18.3. The molecule has 33 heavy (non-hydrogen) atoms. The molecule has 0 saturated carbocycles. The summed E-state index contributed by atoms with van der Waals surface area (Å²) in [6, 6.07) is 19.9. The molecule has 4 aromatic rings. The zero-order chi connectivity index (χ0) is 22.9. The van der Waals surface area contributed by atoms with Crippen LogP contribution < -0.4 is 14.4 Å². The number of halogens is 1. The lowest BCUT2D eigenvalue weighted by Gasteiger charge is -2.22. The molecule has 7 heteroatoms. The van der Waals surface area contributed by atoms with Gasteiger partial charge in [-0.2, -0.15) is 0 Å². The molecule has 0 radical (unpaired) electrons. The number of hydrogen-bond donors (Lipinski definition) is 1. The van der Waals surface area contributed by atoms with Crippen LogP contribution in [0.5, 0.6) is 11.5 Å². The van der Waals surface area contributed by atoms with Crippen molar-refractivity contribution in [2.45, 2.75) is 6.54 Å². The molecular formula is C26H22FN3O3. The number of rotatable bonds is 5. The van der Waals surface area contributed by atoms with Crippen molar-refractivity contribution in [1.29, 1.82) is 0 Å². The van der Waals surface area contributed by atoms with E-state index in [2.05, 4.69) is 9.98 Å². The van der Waals surface area contributed by atoms with Crippen molar-refractivity contribution >= 4 is 28.2 Å². The summed E-state index contributed by atoms with van der Waals surface area (Å²) in [7, 11) is 3.10. The van der Waals surface area contributed by atoms with Gasteiger partial charge in [-0.1, -0.05) is 30.3 Å². The zero-order valence-electron chi connectivity index (χ0n) is 18.3. The van der Waals surface area contributed by atoms with Gasteiger partial charge in [0.25, 0.3) is 0 Å². The summed E-state index contributed by atoms with van der Waals surface area (Å²) in [6.45, 7) is 0.263. The van der Waals surface area contributed by atoms with Crippen molar-refractivity contribution in [3.8, 4) is 11.5 Å². The number of anilines is 1. The number of ether oxygens (including phenoxy) is 2. The van der Waals surface area contributed by atoms with E-state index in [0.29, 0.717) is 35.0 Å². The molecule has 166 valence electrons. The number of hydrogen-bond acceptors (Lipinski definition) is 4. The summed E-state index contributed by atoms with van der Waals surface area (Å²) in [5.74, 6) is 0.531. The number of para-hydroxylation sites is 1. The van der Waals surface area contributed by atoms with Gasteiger partial charge in [0, 0.05) is 22.5 Å². The van der Waals surface area contributed by atoms with Crippen LogP contribution in [-0.2, 0) is 11.3 Å². The highest BCUT2D eigenvalue weighted by Gasteiger charge is 2.30. The standard InChI is InChI=1S/C26H22FN3O3/c1-32-17-9-7-16(8-10-17)15-30-23(31)14-28-24(19-12-11-18(33-2)13-21(19)27)25-26(30)20-5-3-4-6-22(20)29-25/h3-13,29H,14-15H2,1-2H3. The Morgan fingerprint density at radius 3 is 2.45 bits per heavy atom. The Hall–Kier alpha value is -4.13. The van der Waals surface area contributed by atoms with E-state index in [1.54, 1.807) is 24.1 Å². The maximum atomic E-state index is 15.0. The van der Waals surface area contributed by atoms with Gasteiger partial charge >= 0.3 is 0 Å². The second-order valence-electron chi connectivity index (χ2n) is 7.73. The molecule has 0 atom stereocenters. The largest absolute Gasteiger partial charge is 0.497 e. The molecule has 0 unspecified atom stereocenters. The second-order valence-corrected chi connectivity index (χ2v) is 7.73. The van der Waals surface area contributed by atoms with Crippen LogP contribution in [0, 0.1) is 5.82 Å². The first-order chi connectivity index (χ1) is 16.1. The van der Waals surface area contributed by atoms with Crippen LogP contribution >= 0.6 is 0 Å². The van der Waals surface area contributed by atoms with Gasteiger partial charge in [-0.05, 0) is 35.9 Å². The fourth-order valence-electron chi connectivity index (χ4n) is 4.13. The lowest BCUT2D eigenvalue weighted by atomic mass is 10.0. The summed E-state index contributed by atoms with van der Waals surface area (Å²) in [4.78, 5) is 22.9. The van der Waals surface area contributed by atoms with E-state index in [4.69, 9.17) is 9.47 Å². The third kappa shape index (κ3) is 3.71. The van der Waals surface area contributed by atoms with Gasteiger partial charge in [0.15, 0.2) is 0 Å². The number of aromatic amines is 1.